The highest BCUT2D eigenvalue weighted by Gasteiger charge is 2.69. The first-order valence-corrected chi connectivity index (χ1v) is 11.2. The lowest BCUT2D eigenvalue weighted by Gasteiger charge is -2.39. The molecule has 3 nitrogen and oxygen atoms in total. The predicted molar refractivity (Wildman–Crippen MR) is 131 cm³/mol. The van der Waals surface area contributed by atoms with E-state index in [1.54, 1.807) is 0 Å². The van der Waals surface area contributed by atoms with Gasteiger partial charge in [0.25, 0.3) is 0 Å². The van der Waals surface area contributed by atoms with E-state index in [2.05, 4.69) is 29.4 Å². The average Bonchev–Trinajstić information content (AvgIpc) is 3.39. The minimum atomic E-state index is -1.15. The highest BCUT2D eigenvalue weighted by atomic mass is 16.1. The zero-order valence-corrected chi connectivity index (χ0v) is 18.1. The van der Waals surface area contributed by atoms with Crippen LogP contribution in [0.15, 0.2) is 132 Å². The second-order valence-corrected chi connectivity index (χ2v) is 8.56. The fourth-order valence-electron chi connectivity index (χ4n) is 5.61. The van der Waals surface area contributed by atoms with Crippen LogP contribution in [0.3, 0.4) is 0 Å². The minimum absolute atomic E-state index is 0.00357. The van der Waals surface area contributed by atoms with E-state index >= 15 is 0 Å². The van der Waals surface area contributed by atoms with Crippen LogP contribution in [-0.4, -0.2) is 12.3 Å². The summed E-state index contributed by atoms with van der Waals surface area (Å²) in [5.74, 6) is 0.00357. The number of nitrogens with zero attached hydrogens (tertiary/aromatic N) is 2. The van der Waals surface area contributed by atoms with Crippen molar-refractivity contribution in [2.75, 3.05) is 6.54 Å². The molecule has 4 aromatic carbocycles. The zero-order valence-electron chi connectivity index (χ0n) is 18.1. The first-order valence-electron chi connectivity index (χ1n) is 11.2. The number of Topliss-reactive ketones (excluding diaryl/α,β-unsaturated/α-hetero) is 1. The Labute approximate surface area is 193 Å². The molecule has 0 bridgehead atoms. The van der Waals surface area contributed by atoms with Crippen LogP contribution in [0.2, 0.25) is 0 Å². The summed E-state index contributed by atoms with van der Waals surface area (Å²) in [6.45, 7) is 0.415. The van der Waals surface area contributed by atoms with Gasteiger partial charge in [0.15, 0.2) is 11.3 Å². The quantitative estimate of drug-likeness (QED) is 0.368. The molecule has 2 atom stereocenters. The molecule has 0 radical (unpaired) electrons. The van der Waals surface area contributed by atoms with E-state index in [0.29, 0.717) is 6.54 Å². The molecule has 1 heterocycles. The summed E-state index contributed by atoms with van der Waals surface area (Å²) >= 11 is 0. The summed E-state index contributed by atoms with van der Waals surface area (Å²) in [7, 11) is 0. The maximum absolute atomic E-state index is 14.7. The summed E-state index contributed by atoms with van der Waals surface area (Å²) < 4.78 is 0. The number of hydrogen-bond donors (Lipinski definition) is 0. The molecule has 0 saturated heterocycles. The van der Waals surface area contributed by atoms with Crippen molar-refractivity contribution >= 4 is 16.9 Å². The van der Waals surface area contributed by atoms with Crippen LogP contribution in [0.4, 0.5) is 0 Å². The number of rotatable bonds is 4. The molecule has 1 aliphatic heterocycles. The van der Waals surface area contributed by atoms with Crippen LogP contribution >= 0.6 is 0 Å². The van der Waals surface area contributed by atoms with Gasteiger partial charge in [0.05, 0.1) is 12.0 Å². The molecule has 4 aromatic rings. The molecule has 0 spiro atoms. The molecular weight excluding hydrogens is 404 g/mol. The summed E-state index contributed by atoms with van der Waals surface area (Å²) in [6, 6.07) is 40.5. The molecule has 2 aliphatic rings. The standard InChI is InChI=1S/C30H22N2O/c33-28-26(22-13-5-1-6-14-22)27(23-15-7-2-8-16-23)29(24-17-9-3-10-18-24)21-31-32-30(28,29)25-19-11-4-12-20-25/h1-20H,21H2. The first-order chi connectivity index (χ1) is 16.3. The van der Waals surface area contributed by atoms with Crippen molar-refractivity contribution in [2.24, 2.45) is 10.2 Å². The molecule has 0 aromatic heterocycles. The van der Waals surface area contributed by atoms with Gasteiger partial charge in [-0.1, -0.05) is 121 Å². The number of azo groups is 1. The van der Waals surface area contributed by atoms with Crippen molar-refractivity contribution in [3.05, 3.63) is 144 Å². The van der Waals surface area contributed by atoms with Gasteiger partial charge < -0.3 is 0 Å². The maximum atomic E-state index is 14.7. The van der Waals surface area contributed by atoms with Gasteiger partial charge >= 0.3 is 0 Å². The summed E-state index contributed by atoms with van der Waals surface area (Å²) in [5, 5.41) is 9.40. The fourth-order valence-corrected chi connectivity index (χ4v) is 5.61. The Balaban J connectivity index is 1.78. The Morgan fingerprint density at radius 3 is 1.64 bits per heavy atom. The van der Waals surface area contributed by atoms with E-state index in [9.17, 15) is 4.79 Å². The fraction of sp³-hybridized carbons (Fsp3) is 0.100. The van der Waals surface area contributed by atoms with Gasteiger partial charge in [-0.15, -0.1) is 0 Å². The Hall–Kier alpha value is -4.11. The number of hydrogen-bond acceptors (Lipinski definition) is 3. The van der Waals surface area contributed by atoms with Crippen molar-refractivity contribution in [3.63, 3.8) is 0 Å². The molecule has 2 unspecified atom stereocenters. The SMILES string of the molecule is O=C1C(c2ccccc2)=C(c2ccccc2)C2(c3ccccc3)CN=NC12c1ccccc1. The van der Waals surface area contributed by atoms with E-state index < -0.39 is 11.0 Å². The van der Waals surface area contributed by atoms with Crippen molar-refractivity contribution in [1.82, 2.24) is 0 Å². The van der Waals surface area contributed by atoms with Gasteiger partial charge in [0, 0.05) is 5.57 Å². The Kier molecular flexibility index (Phi) is 4.44. The lowest BCUT2D eigenvalue weighted by molar-refractivity contribution is -0.119. The van der Waals surface area contributed by atoms with Gasteiger partial charge in [-0.2, -0.15) is 10.2 Å². The molecule has 0 amide bonds. The van der Waals surface area contributed by atoms with E-state index in [-0.39, 0.29) is 5.78 Å². The molecule has 0 fully saturated rings. The monoisotopic (exact) mass is 426 g/mol. The van der Waals surface area contributed by atoms with Gasteiger partial charge in [-0.25, -0.2) is 0 Å². The summed E-state index contributed by atoms with van der Waals surface area (Å²) in [6.07, 6.45) is 0. The molecule has 3 heteroatoms. The second-order valence-electron chi connectivity index (χ2n) is 8.56. The molecule has 33 heavy (non-hydrogen) atoms. The number of ketones is 1. The lowest BCUT2D eigenvalue weighted by atomic mass is 9.61. The second kappa shape index (κ2) is 7.49. The van der Waals surface area contributed by atoms with Gasteiger partial charge in [-0.3, -0.25) is 4.79 Å². The van der Waals surface area contributed by atoms with Crippen LogP contribution in [0.1, 0.15) is 22.3 Å². The van der Waals surface area contributed by atoms with E-state index in [1.807, 2.05) is 97.1 Å². The normalized spacial score (nSPS) is 23.7. The van der Waals surface area contributed by atoms with E-state index in [4.69, 9.17) is 5.11 Å². The summed E-state index contributed by atoms with van der Waals surface area (Å²) in [4.78, 5) is 14.7. The molecular formula is C30H22N2O. The third-order valence-corrected chi connectivity index (χ3v) is 6.96. The number of carbonyl (C=O) groups is 1. The van der Waals surface area contributed by atoms with Crippen molar-refractivity contribution in [2.45, 2.75) is 11.0 Å². The Morgan fingerprint density at radius 2 is 1.06 bits per heavy atom. The van der Waals surface area contributed by atoms with Crippen LogP contribution in [-0.2, 0) is 15.7 Å². The average molecular weight is 427 g/mol. The molecule has 0 N–H and O–H groups in total. The number of carbonyl (C=O) groups excluding carboxylic acids is 1. The van der Waals surface area contributed by atoms with Crippen LogP contribution < -0.4 is 0 Å². The first kappa shape index (κ1) is 19.6. The predicted octanol–water partition coefficient (Wildman–Crippen LogP) is 6.48. The number of fused-ring (bicyclic) bond motifs is 1. The topological polar surface area (TPSA) is 41.8 Å². The van der Waals surface area contributed by atoms with Crippen LogP contribution in [0, 0.1) is 0 Å². The Bertz CT molecular complexity index is 1380. The molecule has 158 valence electrons. The summed E-state index contributed by atoms with van der Waals surface area (Å²) in [5.41, 5.74) is 3.71. The van der Waals surface area contributed by atoms with Crippen molar-refractivity contribution < 1.29 is 4.79 Å². The van der Waals surface area contributed by atoms with Crippen LogP contribution in [0.5, 0.6) is 0 Å². The molecule has 1 aliphatic carbocycles. The van der Waals surface area contributed by atoms with Gasteiger partial charge in [0.1, 0.15) is 0 Å². The highest BCUT2D eigenvalue weighted by molar-refractivity contribution is 6.37. The van der Waals surface area contributed by atoms with Crippen LogP contribution in [0.25, 0.3) is 11.1 Å². The van der Waals surface area contributed by atoms with E-state index in [0.717, 1.165) is 33.4 Å². The van der Waals surface area contributed by atoms with Crippen molar-refractivity contribution in [3.8, 4) is 0 Å². The molecule has 6 rings (SSSR count). The van der Waals surface area contributed by atoms with Gasteiger partial charge in [-0.05, 0) is 27.8 Å². The van der Waals surface area contributed by atoms with Gasteiger partial charge in [0.2, 0.25) is 0 Å². The zero-order chi connectivity index (χ0) is 22.3. The largest absolute Gasteiger partial charge is 0.291 e. The highest BCUT2D eigenvalue weighted by Crippen LogP contribution is 2.64. The third-order valence-electron chi connectivity index (χ3n) is 6.96. The number of benzene rings is 4. The van der Waals surface area contributed by atoms with Crippen molar-refractivity contribution in [1.29, 1.82) is 0 Å². The third kappa shape index (κ3) is 2.59. The molecule has 0 saturated carbocycles. The maximum Gasteiger partial charge on any atom is 0.199 e. The van der Waals surface area contributed by atoms with E-state index in [1.165, 1.54) is 0 Å². The minimum Gasteiger partial charge on any atom is -0.291 e. The lowest BCUT2D eigenvalue weighted by Crippen LogP contribution is -2.48. The Morgan fingerprint density at radius 1 is 0.576 bits per heavy atom. The smallest absolute Gasteiger partial charge is 0.199 e.